The van der Waals surface area contributed by atoms with E-state index in [0.29, 0.717) is 16.9 Å². The molecule has 2 aromatic heterocycles. The number of rotatable bonds is 4. The number of nitrogens with zero attached hydrogens (tertiary/aromatic N) is 3. The largest absolute Gasteiger partial charge is 0.366 e. The van der Waals surface area contributed by atoms with Crippen LogP contribution in [0.5, 0.6) is 0 Å². The Kier molecular flexibility index (Phi) is 4.50. The molecule has 0 aromatic carbocycles. The molecule has 0 atom stereocenters. The second-order valence-corrected chi connectivity index (χ2v) is 6.00. The van der Waals surface area contributed by atoms with Crippen LogP contribution in [0.15, 0.2) is 30.6 Å². The van der Waals surface area contributed by atoms with Crippen LogP contribution >= 0.6 is 0 Å². The van der Waals surface area contributed by atoms with Gasteiger partial charge in [-0.2, -0.15) is 0 Å². The van der Waals surface area contributed by atoms with E-state index in [1.54, 1.807) is 17.8 Å². The van der Waals surface area contributed by atoms with Gasteiger partial charge in [-0.05, 0) is 37.5 Å². The maximum Gasteiger partial charge on any atom is 0.272 e. The lowest BCUT2D eigenvalue weighted by Crippen LogP contribution is -2.30. The van der Waals surface area contributed by atoms with Crippen molar-refractivity contribution in [1.29, 1.82) is 0 Å². The van der Waals surface area contributed by atoms with Crippen molar-refractivity contribution < 1.29 is 9.59 Å². The van der Waals surface area contributed by atoms with Crippen LogP contribution in [0, 0.1) is 0 Å². The fourth-order valence-corrected chi connectivity index (χ4v) is 2.89. The molecular weight excluding hydrogens is 306 g/mol. The molecule has 1 fully saturated rings. The molecule has 0 saturated carbocycles. The van der Waals surface area contributed by atoms with Crippen molar-refractivity contribution in [3.63, 3.8) is 0 Å². The Morgan fingerprint density at radius 3 is 2.54 bits per heavy atom. The summed E-state index contributed by atoms with van der Waals surface area (Å²) >= 11 is 0. The van der Waals surface area contributed by atoms with Gasteiger partial charge >= 0.3 is 0 Å². The first-order chi connectivity index (χ1) is 11.5. The fraction of sp³-hybridized carbons (Fsp3) is 0.353. The molecule has 7 heteroatoms. The maximum absolute atomic E-state index is 12.3. The van der Waals surface area contributed by atoms with E-state index in [9.17, 15) is 9.59 Å². The number of amides is 2. The SMILES string of the molecule is Cn1cc(C(N)=O)cc1C(=O)Nc1ccc(N2CCCCC2)nc1. The normalized spacial score (nSPS) is 14.5. The Balaban J connectivity index is 1.69. The number of piperidine rings is 1. The van der Waals surface area contributed by atoms with E-state index in [2.05, 4.69) is 15.2 Å². The lowest BCUT2D eigenvalue weighted by Gasteiger charge is -2.27. The van der Waals surface area contributed by atoms with Crippen molar-refractivity contribution in [1.82, 2.24) is 9.55 Å². The Hall–Kier alpha value is -2.83. The third-order valence-corrected chi connectivity index (χ3v) is 4.21. The molecule has 0 bridgehead atoms. The van der Waals surface area contributed by atoms with Crippen LogP contribution in [-0.4, -0.2) is 34.5 Å². The number of nitrogens with two attached hydrogens (primary N) is 1. The van der Waals surface area contributed by atoms with Crippen molar-refractivity contribution in [3.8, 4) is 0 Å². The molecule has 0 spiro atoms. The Morgan fingerprint density at radius 2 is 1.96 bits per heavy atom. The first kappa shape index (κ1) is 16.0. The van der Waals surface area contributed by atoms with Gasteiger partial charge in [-0.15, -0.1) is 0 Å². The van der Waals surface area contributed by atoms with Gasteiger partial charge in [-0.25, -0.2) is 4.98 Å². The van der Waals surface area contributed by atoms with Gasteiger partial charge < -0.3 is 20.5 Å². The van der Waals surface area contributed by atoms with E-state index in [1.807, 2.05) is 12.1 Å². The van der Waals surface area contributed by atoms with Crippen LogP contribution < -0.4 is 16.0 Å². The number of carbonyl (C=O) groups is 2. The minimum atomic E-state index is -0.558. The average Bonchev–Trinajstić information content (AvgIpc) is 2.99. The van der Waals surface area contributed by atoms with E-state index in [0.717, 1.165) is 18.9 Å². The molecular formula is C17H21N5O2. The molecule has 126 valence electrons. The third-order valence-electron chi connectivity index (χ3n) is 4.21. The second kappa shape index (κ2) is 6.74. The van der Waals surface area contributed by atoms with Crippen molar-refractivity contribution in [2.75, 3.05) is 23.3 Å². The van der Waals surface area contributed by atoms with E-state index in [4.69, 9.17) is 5.73 Å². The summed E-state index contributed by atoms with van der Waals surface area (Å²) < 4.78 is 1.57. The summed E-state index contributed by atoms with van der Waals surface area (Å²) in [7, 11) is 1.69. The molecule has 7 nitrogen and oxygen atoms in total. The van der Waals surface area contributed by atoms with Gasteiger partial charge in [-0.3, -0.25) is 9.59 Å². The average molecular weight is 327 g/mol. The minimum absolute atomic E-state index is 0.307. The highest BCUT2D eigenvalue weighted by Gasteiger charge is 2.15. The molecule has 3 rings (SSSR count). The van der Waals surface area contributed by atoms with Gasteiger partial charge in [0.25, 0.3) is 5.91 Å². The molecule has 1 aliphatic heterocycles. The van der Waals surface area contributed by atoms with Gasteiger partial charge in [0.2, 0.25) is 5.91 Å². The van der Waals surface area contributed by atoms with Crippen molar-refractivity contribution in [2.24, 2.45) is 12.8 Å². The standard InChI is InChI=1S/C17H21N5O2/c1-21-11-12(16(18)23)9-14(21)17(24)20-13-5-6-15(19-10-13)22-7-3-2-4-8-22/h5-6,9-11H,2-4,7-8H2,1H3,(H2,18,23)(H,20,24). The number of pyridine rings is 1. The lowest BCUT2D eigenvalue weighted by atomic mass is 10.1. The Morgan fingerprint density at radius 1 is 1.21 bits per heavy atom. The van der Waals surface area contributed by atoms with Crippen LogP contribution in [0.25, 0.3) is 0 Å². The zero-order valence-corrected chi connectivity index (χ0v) is 13.7. The molecule has 1 saturated heterocycles. The van der Waals surface area contributed by atoms with Crippen molar-refractivity contribution in [2.45, 2.75) is 19.3 Å². The van der Waals surface area contributed by atoms with E-state index < -0.39 is 5.91 Å². The number of hydrogen-bond donors (Lipinski definition) is 2. The summed E-state index contributed by atoms with van der Waals surface area (Å²) in [6.45, 7) is 2.05. The second-order valence-electron chi connectivity index (χ2n) is 6.00. The zero-order chi connectivity index (χ0) is 17.1. The number of anilines is 2. The Bertz CT molecular complexity index is 745. The molecule has 3 N–H and O–H groups in total. The van der Waals surface area contributed by atoms with Gasteiger partial charge in [0.1, 0.15) is 11.5 Å². The van der Waals surface area contributed by atoms with Crippen molar-refractivity contribution >= 4 is 23.3 Å². The fourth-order valence-electron chi connectivity index (χ4n) is 2.89. The van der Waals surface area contributed by atoms with E-state index >= 15 is 0 Å². The van der Waals surface area contributed by atoms with Crippen LogP contribution in [0.2, 0.25) is 0 Å². The summed E-state index contributed by atoms with van der Waals surface area (Å²) in [6, 6.07) is 5.24. The number of nitrogens with one attached hydrogen (secondary N) is 1. The van der Waals surface area contributed by atoms with E-state index in [1.165, 1.54) is 31.5 Å². The highest BCUT2D eigenvalue weighted by Crippen LogP contribution is 2.19. The van der Waals surface area contributed by atoms with Crippen LogP contribution in [-0.2, 0) is 7.05 Å². The number of aromatic nitrogens is 2. The number of carbonyl (C=O) groups excluding carboxylic acids is 2. The monoisotopic (exact) mass is 327 g/mol. The molecule has 0 unspecified atom stereocenters. The summed E-state index contributed by atoms with van der Waals surface area (Å²) in [4.78, 5) is 30.2. The van der Waals surface area contributed by atoms with Crippen molar-refractivity contribution in [3.05, 3.63) is 41.9 Å². The predicted molar refractivity (Wildman–Crippen MR) is 92.2 cm³/mol. The summed E-state index contributed by atoms with van der Waals surface area (Å²) in [5.74, 6) is 0.0669. The molecule has 0 radical (unpaired) electrons. The highest BCUT2D eigenvalue weighted by molar-refractivity contribution is 6.05. The molecule has 1 aliphatic rings. The van der Waals surface area contributed by atoms with Gasteiger partial charge in [-0.1, -0.05) is 0 Å². The number of aryl methyl sites for hydroxylation is 1. The van der Waals surface area contributed by atoms with Gasteiger partial charge in [0.05, 0.1) is 17.4 Å². The summed E-state index contributed by atoms with van der Waals surface area (Å²) in [6.07, 6.45) is 6.84. The van der Waals surface area contributed by atoms with Crippen LogP contribution in [0.4, 0.5) is 11.5 Å². The topological polar surface area (TPSA) is 93.2 Å². The highest BCUT2D eigenvalue weighted by atomic mass is 16.2. The number of primary amides is 1. The smallest absolute Gasteiger partial charge is 0.272 e. The van der Waals surface area contributed by atoms with E-state index in [-0.39, 0.29) is 5.91 Å². The van der Waals surface area contributed by atoms with Gasteiger partial charge in [0.15, 0.2) is 0 Å². The van der Waals surface area contributed by atoms with Crippen LogP contribution in [0.1, 0.15) is 40.1 Å². The van der Waals surface area contributed by atoms with Gasteiger partial charge in [0, 0.05) is 26.3 Å². The quantitative estimate of drug-likeness (QED) is 0.895. The lowest BCUT2D eigenvalue weighted by molar-refractivity contribution is 0.0998. The molecule has 0 aliphatic carbocycles. The third kappa shape index (κ3) is 3.40. The molecule has 3 heterocycles. The first-order valence-corrected chi connectivity index (χ1v) is 8.03. The molecule has 24 heavy (non-hydrogen) atoms. The maximum atomic E-state index is 12.3. The summed E-state index contributed by atoms with van der Waals surface area (Å²) in [5, 5.41) is 2.79. The Labute approximate surface area is 140 Å². The summed E-state index contributed by atoms with van der Waals surface area (Å²) in [5.41, 5.74) is 6.52. The van der Waals surface area contributed by atoms with Crippen LogP contribution in [0.3, 0.4) is 0 Å². The number of hydrogen-bond acceptors (Lipinski definition) is 4. The first-order valence-electron chi connectivity index (χ1n) is 8.03. The zero-order valence-electron chi connectivity index (χ0n) is 13.7. The molecule has 2 amide bonds. The molecule has 2 aromatic rings. The predicted octanol–water partition coefficient (Wildman–Crippen LogP) is 1.76. The minimum Gasteiger partial charge on any atom is -0.366 e.